The van der Waals surface area contributed by atoms with Crippen molar-refractivity contribution in [2.24, 2.45) is 5.41 Å². The van der Waals surface area contributed by atoms with Crippen LogP contribution in [0.15, 0.2) is 0 Å². The highest BCUT2D eigenvalue weighted by atomic mass is 16.8. The molecule has 4 heteroatoms. The first kappa shape index (κ1) is 14.8. The maximum atomic E-state index is 6.25. The number of rotatable bonds is 5. The standard InChI is InChI=1S/C16H28O4/c1-3-17-13-9-12(14-10-18-15(13)20-14)19-11-16(2)7-5-4-6-8-16/h12-15H,3-11H2,1-2H3/t12-,13+,14+,15+/m0/s1. The monoisotopic (exact) mass is 284 g/mol. The van der Waals surface area contributed by atoms with E-state index in [1.165, 1.54) is 32.1 Å². The third kappa shape index (κ3) is 3.19. The summed E-state index contributed by atoms with van der Waals surface area (Å²) in [6, 6.07) is 0. The van der Waals surface area contributed by atoms with E-state index in [-0.39, 0.29) is 24.6 Å². The van der Waals surface area contributed by atoms with Crippen molar-refractivity contribution in [2.75, 3.05) is 19.8 Å². The lowest BCUT2D eigenvalue weighted by molar-refractivity contribution is -0.209. The number of fused-ring (bicyclic) bond motifs is 2. The lowest BCUT2D eigenvalue weighted by atomic mass is 9.76. The summed E-state index contributed by atoms with van der Waals surface area (Å²) in [4.78, 5) is 0. The average Bonchev–Trinajstić information content (AvgIpc) is 2.87. The van der Waals surface area contributed by atoms with Crippen LogP contribution < -0.4 is 0 Å². The maximum Gasteiger partial charge on any atom is 0.184 e. The molecule has 2 bridgehead atoms. The molecule has 2 aliphatic heterocycles. The van der Waals surface area contributed by atoms with Crippen LogP contribution in [0.2, 0.25) is 0 Å². The van der Waals surface area contributed by atoms with Gasteiger partial charge < -0.3 is 18.9 Å². The topological polar surface area (TPSA) is 36.9 Å². The molecule has 116 valence electrons. The van der Waals surface area contributed by atoms with Crippen molar-refractivity contribution in [3.05, 3.63) is 0 Å². The maximum absolute atomic E-state index is 6.25. The van der Waals surface area contributed by atoms with Crippen LogP contribution >= 0.6 is 0 Å². The number of hydrogen-bond donors (Lipinski definition) is 0. The minimum absolute atomic E-state index is 0.0305. The van der Waals surface area contributed by atoms with Crippen LogP contribution in [-0.2, 0) is 18.9 Å². The predicted octanol–water partition coefficient (Wildman–Crippen LogP) is 2.89. The van der Waals surface area contributed by atoms with Gasteiger partial charge in [0.25, 0.3) is 0 Å². The highest BCUT2D eigenvalue weighted by Crippen LogP contribution is 2.38. The molecule has 0 N–H and O–H groups in total. The molecule has 2 saturated heterocycles. The van der Waals surface area contributed by atoms with Gasteiger partial charge in [0.05, 0.1) is 19.3 Å². The van der Waals surface area contributed by atoms with E-state index in [0.717, 1.165) is 13.0 Å². The van der Waals surface area contributed by atoms with Gasteiger partial charge in [-0.25, -0.2) is 0 Å². The Labute approximate surface area is 122 Å². The van der Waals surface area contributed by atoms with E-state index in [1.54, 1.807) is 0 Å². The van der Waals surface area contributed by atoms with Gasteiger partial charge in [-0.1, -0.05) is 26.2 Å². The van der Waals surface area contributed by atoms with E-state index < -0.39 is 0 Å². The van der Waals surface area contributed by atoms with Gasteiger partial charge in [-0.2, -0.15) is 0 Å². The molecule has 0 spiro atoms. The Kier molecular flexibility index (Phi) is 4.65. The molecule has 20 heavy (non-hydrogen) atoms. The molecule has 1 saturated carbocycles. The van der Waals surface area contributed by atoms with E-state index in [9.17, 15) is 0 Å². The number of ether oxygens (including phenoxy) is 4. The van der Waals surface area contributed by atoms with Crippen molar-refractivity contribution in [1.29, 1.82) is 0 Å². The normalized spacial score (nSPS) is 39.9. The summed E-state index contributed by atoms with van der Waals surface area (Å²) in [6.07, 6.45) is 7.64. The van der Waals surface area contributed by atoms with Crippen molar-refractivity contribution in [3.8, 4) is 0 Å². The van der Waals surface area contributed by atoms with Crippen molar-refractivity contribution in [1.82, 2.24) is 0 Å². The van der Waals surface area contributed by atoms with Crippen LogP contribution in [0.4, 0.5) is 0 Å². The predicted molar refractivity (Wildman–Crippen MR) is 75.6 cm³/mol. The fourth-order valence-electron chi connectivity index (χ4n) is 3.72. The van der Waals surface area contributed by atoms with E-state index in [2.05, 4.69) is 6.92 Å². The zero-order chi connectivity index (χ0) is 14.0. The Morgan fingerprint density at radius 1 is 1.10 bits per heavy atom. The molecule has 1 aliphatic carbocycles. The fraction of sp³-hybridized carbons (Fsp3) is 1.00. The lowest BCUT2D eigenvalue weighted by Crippen LogP contribution is -2.45. The smallest absolute Gasteiger partial charge is 0.184 e. The molecule has 0 unspecified atom stereocenters. The molecule has 0 aromatic rings. The van der Waals surface area contributed by atoms with Crippen LogP contribution in [0.25, 0.3) is 0 Å². The van der Waals surface area contributed by atoms with E-state index in [1.807, 2.05) is 6.92 Å². The Morgan fingerprint density at radius 2 is 1.90 bits per heavy atom. The molecule has 2 heterocycles. The summed E-state index contributed by atoms with van der Waals surface area (Å²) < 4.78 is 23.5. The molecule has 0 aromatic carbocycles. The van der Waals surface area contributed by atoms with Gasteiger partial charge in [-0.3, -0.25) is 0 Å². The van der Waals surface area contributed by atoms with Crippen LogP contribution in [0.5, 0.6) is 0 Å². The van der Waals surface area contributed by atoms with Crippen molar-refractivity contribution in [3.63, 3.8) is 0 Å². The third-order valence-electron chi connectivity index (χ3n) is 5.00. The highest BCUT2D eigenvalue weighted by molar-refractivity contribution is 4.89. The Balaban J connectivity index is 1.53. The van der Waals surface area contributed by atoms with Crippen LogP contribution in [0.3, 0.4) is 0 Å². The van der Waals surface area contributed by atoms with E-state index in [0.29, 0.717) is 18.6 Å². The first-order valence-corrected chi connectivity index (χ1v) is 8.20. The molecule has 4 atom stereocenters. The van der Waals surface area contributed by atoms with Crippen LogP contribution in [0.1, 0.15) is 52.4 Å². The first-order chi connectivity index (χ1) is 9.70. The van der Waals surface area contributed by atoms with Gasteiger partial charge in [0.1, 0.15) is 12.2 Å². The minimum Gasteiger partial charge on any atom is -0.375 e. The van der Waals surface area contributed by atoms with Crippen molar-refractivity contribution >= 4 is 0 Å². The Hall–Kier alpha value is -0.160. The molecule has 3 aliphatic rings. The molecule has 4 nitrogen and oxygen atoms in total. The fourth-order valence-corrected chi connectivity index (χ4v) is 3.72. The van der Waals surface area contributed by atoms with E-state index >= 15 is 0 Å². The van der Waals surface area contributed by atoms with Gasteiger partial charge in [-0.15, -0.1) is 0 Å². The van der Waals surface area contributed by atoms with Crippen molar-refractivity contribution in [2.45, 2.75) is 77.0 Å². The second-order valence-corrected chi connectivity index (χ2v) is 6.83. The largest absolute Gasteiger partial charge is 0.375 e. The Bertz CT molecular complexity index is 314. The van der Waals surface area contributed by atoms with Crippen LogP contribution in [-0.4, -0.2) is 44.4 Å². The molecule has 0 amide bonds. The molecule has 3 fully saturated rings. The molecule has 3 rings (SSSR count). The summed E-state index contributed by atoms with van der Waals surface area (Å²) in [7, 11) is 0. The second-order valence-electron chi connectivity index (χ2n) is 6.83. The molecule has 0 radical (unpaired) electrons. The van der Waals surface area contributed by atoms with Gasteiger partial charge >= 0.3 is 0 Å². The molecular formula is C16H28O4. The van der Waals surface area contributed by atoms with Crippen LogP contribution in [0, 0.1) is 5.41 Å². The SMILES string of the molecule is CCO[C@@H]1C[C@H](OCC2(C)CCCCC2)[C@H]2CO[C@@H]1O2. The summed E-state index contributed by atoms with van der Waals surface area (Å²) in [6.45, 7) is 6.57. The Morgan fingerprint density at radius 3 is 2.65 bits per heavy atom. The van der Waals surface area contributed by atoms with Crippen molar-refractivity contribution < 1.29 is 18.9 Å². The minimum atomic E-state index is -0.176. The first-order valence-electron chi connectivity index (χ1n) is 8.20. The number of hydrogen-bond acceptors (Lipinski definition) is 4. The van der Waals surface area contributed by atoms with Gasteiger partial charge in [0, 0.05) is 13.0 Å². The molecular weight excluding hydrogens is 256 g/mol. The van der Waals surface area contributed by atoms with Gasteiger partial charge in [-0.05, 0) is 25.2 Å². The summed E-state index contributed by atoms with van der Waals surface area (Å²) in [5, 5.41) is 0. The quantitative estimate of drug-likeness (QED) is 0.778. The summed E-state index contributed by atoms with van der Waals surface area (Å²) >= 11 is 0. The van der Waals surface area contributed by atoms with Gasteiger partial charge in [0.2, 0.25) is 0 Å². The third-order valence-corrected chi connectivity index (χ3v) is 5.00. The average molecular weight is 284 g/mol. The van der Waals surface area contributed by atoms with E-state index in [4.69, 9.17) is 18.9 Å². The summed E-state index contributed by atoms with van der Waals surface area (Å²) in [5.41, 5.74) is 0.357. The second kappa shape index (κ2) is 6.30. The lowest BCUT2D eigenvalue weighted by Gasteiger charge is -2.38. The highest BCUT2D eigenvalue weighted by Gasteiger charge is 2.45. The molecule has 0 aromatic heterocycles. The zero-order valence-electron chi connectivity index (χ0n) is 12.8. The van der Waals surface area contributed by atoms with Gasteiger partial charge in [0.15, 0.2) is 6.29 Å². The summed E-state index contributed by atoms with van der Waals surface area (Å²) in [5.74, 6) is 0. The zero-order valence-corrected chi connectivity index (χ0v) is 12.8.